The van der Waals surface area contributed by atoms with E-state index in [1.54, 1.807) is 17.6 Å². The highest BCUT2D eigenvalue weighted by Gasteiger charge is 2.49. The molecule has 5 N–H and O–H groups in total. The molecule has 4 rings (SSSR count). The van der Waals surface area contributed by atoms with Crippen molar-refractivity contribution < 1.29 is 48.3 Å². The van der Waals surface area contributed by atoms with Crippen LogP contribution in [-0.4, -0.2) is 85.6 Å². The Morgan fingerprint density at radius 1 is 1.28 bits per heavy atom. The van der Waals surface area contributed by atoms with Crippen molar-refractivity contribution in [3.05, 3.63) is 33.6 Å². The van der Waals surface area contributed by atoms with E-state index in [-0.39, 0.29) is 23.0 Å². The van der Waals surface area contributed by atoms with Crippen LogP contribution >= 0.6 is 15.6 Å². The average molecular weight is 588 g/mol. The van der Waals surface area contributed by atoms with Gasteiger partial charge in [-0.05, 0) is 55.8 Å². The standard InChI is InChI=1S/C23H31N3O11P2/c1-12-9-15-18(26(13-6-7-13)11-16(19(15)27)21(28)29)20(36-3)17(12)25-8-4-5-14(10-25)24(2)22(30)37-23(38(31)32)39(33,34)35/h9,11,13-14,22-23,30H,4-8,10H2,1-3H3,(H3-,28,29,31,32,33,34,35)/p+1. The molecule has 0 amide bonds. The molecule has 1 saturated heterocycles. The highest BCUT2D eigenvalue weighted by Crippen LogP contribution is 2.52. The zero-order valence-corrected chi connectivity index (χ0v) is 23.4. The molecular formula is C23H32N3O11P2+. The summed E-state index contributed by atoms with van der Waals surface area (Å²) in [5.41, 5.74) is -1.40. The number of carbonyl (C=O) groups is 1. The van der Waals surface area contributed by atoms with E-state index in [0.717, 1.165) is 12.8 Å². The van der Waals surface area contributed by atoms with Gasteiger partial charge < -0.3 is 34.2 Å². The Kier molecular flexibility index (Phi) is 8.51. The van der Waals surface area contributed by atoms with Crippen LogP contribution in [0.3, 0.4) is 0 Å². The summed E-state index contributed by atoms with van der Waals surface area (Å²) < 4.78 is 35.5. The molecule has 1 aliphatic carbocycles. The molecule has 2 aliphatic rings. The third-order valence-electron chi connectivity index (χ3n) is 7.17. The quantitative estimate of drug-likeness (QED) is 0.199. The van der Waals surface area contributed by atoms with Crippen molar-refractivity contribution in [1.82, 2.24) is 9.47 Å². The number of ether oxygens (including phenoxy) is 2. The maximum Gasteiger partial charge on any atom is 0.551 e. The van der Waals surface area contributed by atoms with Gasteiger partial charge in [0.15, 0.2) is 5.75 Å². The Hall–Kier alpha value is -2.41. The number of hydrogen-bond donors (Lipinski definition) is 5. The Balaban J connectivity index is 1.70. The number of aliphatic hydroxyl groups excluding tert-OH is 1. The molecule has 2 fully saturated rings. The van der Waals surface area contributed by atoms with E-state index >= 15 is 0 Å². The van der Waals surface area contributed by atoms with Gasteiger partial charge in [-0.15, -0.1) is 0 Å². The summed E-state index contributed by atoms with van der Waals surface area (Å²) in [6.45, 7) is 2.71. The minimum absolute atomic E-state index is 0.0446. The lowest BCUT2D eigenvalue weighted by molar-refractivity contribution is -0.197. The van der Waals surface area contributed by atoms with Crippen LogP contribution in [0.1, 0.15) is 47.6 Å². The fourth-order valence-corrected chi connectivity index (χ4v) is 6.63. The monoisotopic (exact) mass is 588 g/mol. The molecule has 39 heavy (non-hydrogen) atoms. The summed E-state index contributed by atoms with van der Waals surface area (Å²) in [4.78, 5) is 56.1. The largest absolute Gasteiger partial charge is 0.551 e. The lowest BCUT2D eigenvalue weighted by Crippen LogP contribution is -2.51. The molecule has 4 unspecified atom stereocenters. The summed E-state index contributed by atoms with van der Waals surface area (Å²) in [5.74, 6) is -0.878. The number of hydrogen-bond acceptors (Lipinski definition) is 9. The number of anilines is 1. The van der Waals surface area contributed by atoms with E-state index < -0.39 is 39.0 Å². The summed E-state index contributed by atoms with van der Waals surface area (Å²) in [6, 6.07) is 1.32. The van der Waals surface area contributed by atoms with Gasteiger partial charge in [-0.3, -0.25) is 19.0 Å². The first-order valence-electron chi connectivity index (χ1n) is 12.3. The lowest BCUT2D eigenvalue weighted by atomic mass is 10.00. The molecule has 1 aromatic heterocycles. The number of pyridine rings is 1. The normalized spacial score (nSPS) is 20.3. The molecule has 2 heterocycles. The van der Waals surface area contributed by atoms with Crippen LogP contribution in [0.15, 0.2) is 17.1 Å². The molecule has 2 aromatic rings. The predicted octanol–water partition coefficient (Wildman–Crippen LogP) is 1.74. The van der Waals surface area contributed by atoms with E-state index in [2.05, 4.69) is 0 Å². The van der Waals surface area contributed by atoms with Gasteiger partial charge in [0.1, 0.15) is 5.56 Å². The number of aromatic carboxylic acids is 1. The van der Waals surface area contributed by atoms with Crippen molar-refractivity contribution in [1.29, 1.82) is 0 Å². The number of nitrogens with zero attached hydrogens (tertiary/aromatic N) is 3. The second-order valence-electron chi connectivity index (χ2n) is 9.87. The summed E-state index contributed by atoms with van der Waals surface area (Å²) in [7, 11) is -5.59. The van der Waals surface area contributed by atoms with Crippen molar-refractivity contribution in [2.75, 3.05) is 32.1 Å². The fourth-order valence-electron chi connectivity index (χ4n) is 5.12. The van der Waals surface area contributed by atoms with Crippen molar-refractivity contribution in [2.24, 2.45) is 0 Å². The summed E-state index contributed by atoms with van der Waals surface area (Å²) in [6.07, 6.45) is 2.43. The fraction of sp³-hybridized carbons (Fsp3) is 0.565. The average Bonchev–Trinajstić information content (AvgIpc) is 3.70. The number of aryl methyl sites for hydroxylation is 1. The van der Waals surface area contributed by atoms with E-state index in [4.69, 9.17) is 9.47 Å². The smallest absolute Gasteiger partial charge is 0.492 e. The SMILES string of the molecule is COc1c(N2CCCC(N(C)C(O)OC([P+](=O)O)P(=O)(O)O)C2)c(C)cc2c(=O)c(C(=O)O)cn(C3CC3)c12. The van der Waals surface area contributed by atoms with Crippen LogP contribution in [0.25, 0.3) is 10.9 Å². The van der Waals surface area contributed by atoms with Crippen LogP contribution in [0.2, 0.25) is 0 Å². The number of carboxylic acid groups (broad SMARTS) is 1. The Morgan fingerprint density at radius 3 is 2.49 bits per heavy atom. The highest BCUT2D eigenvalue weighted by molar-refractivity contribution is 7.65. The first-order chi connectivity index (χ1) is 18.3. The number of rotatable bonds is 10. The highest BCUT2D eigenvalue weighted by atomic mass is 31.2. The van der Waals surface area contributed by atoms with E-state index in [9.17, 15) is 43.6 Å². The summed E-state index contributed by atoms with van der Waals surface area (Å²) in [5, 5.41) is 20.3. The maximum absolute atomic E-state index is 13.1. The zero-order chi connectivity index (χ0) is 28.8. The molecule has 1 aliphatic heterocycles. The van der Waals surface area contributed by atoms with Gasteiger partial charge in [-0.1, -0.05) is 0 Å². The summed E-state index contributed by atoms with van der Waals surface area (Å²) >= 11 is 0. The van der Waals surface area contributed by atoms with Gasteiger partial charge in [0.05, 0.1) is 23.7 Å². The first-order valence-corrected chi connectivity index (χ1v) is 15.2. The van der Waals surface area contributed by atoms with E-state index in [0.29, 0.717) is 48.4 Å². The van der Waals surface area contributed by atoms with Crippen LogP contribution in [0.5, 0.6) is 5.75 Å². The van der Waals surface area contributed by atoms with E-state index in [1.165, 1.54) is 25.3 Å². The number of fused-ring (bicyclic) bond motifs is 1. The zero-order valence-electron chi connectivity index (χ0n) is 21.6. The molecule has 14 nitrogen and oxygen atoms in total. The van der Waals surface area contributed by atoms with Crippen molar-refractivity contribution in [3.8, 4) is 5.75 Å². The molecule has 0 spiro atoms. The van der Waals surface area contributed by atoms with Crippen molar-refractivity contribution in [2.45, 2.75) is 56.7 Å². The molecule has 16 heteroatoms. The number of carboxylic acids is 1. The molecule has 214 valence electrons. The van der Waals surface area contributed by atoms with Crippen LogP contribution < -0.4 is 15.1 Å². The maximum atomic E-state index is 13.1. The molecule has 0 bridgehead atoms. The Bertz CT molecular complexity index is 1400. The van der Waals surface area contributed by atoms with Gasteiger partial charge in [0.25, 0.3) is 0 Å². The van der Waals surface area contributed by atoms with Gasteiger partial charge in [-0.25, -0.2) is 4.79 Å². The number of aromatic nitrogens is 1. The predicted molar refractivity (Wildman–Crippen MR) is 140 cm³/mol. The van der Waals surface area contributed by atoms with Gasteiger partial charge in [0.2, 0.25) is 11.8 Å². The van der Waals surface area contributed by atoms with E-state index in [1.807, 2.05) is 4.90 Å². The molecule has 1 aromatic carbocycles. The second kappa shape index (κ2) is 11.2. The third-order valence-corrected chi connectivity index (χ3v) is 9.86. The first kappa shape index (κ1) is 29.6. The van der Waals surface area contributed by atoms with Gasteiger partial charge in [-0.2, -0.15) is 4.89 Å². The minimum Gasteiger partial charge on any atom is -0.492 e. The Morgan fingerprint density at radius 2 is 1.95 bits per heavy atom. The lowest BCUT2D eigenvalue weighted by Gasteiger charge is -2.41. The number of piperidine rings is 1. The topological polar surface area (TPSA) is 199 Å². The van der Waals surface area contributed by atoms with Crippen LogP contribution in [0, 0.1) is 6.92 Å². The molecule has 0 radical (unpaired) electrons. The molecular weight excluding hydrogens is 556 g/mol. The minimum atomic E-state index is -5.12. The molecule has 1 saturated carbocycles. The van der Waals surface area contributed by atoms with Crippen LogP contribution in [-0.2, 0) is 13.9 Å². The van der Waals surface area contributed by atoms with Crippen molar-refractivity contribution in [3.63, 3.8) is 0 Å². The number of methoxy groups -OCH3 is 1. The molecule has 4 atom stereocenters. The number of aliphatic hydroxyl groups is 1. The number of benzene rings is 1. The van der Waals surface area contributed by atoms with Crippen LogP contribution in [0.4, 0.5) is 5.69 Å². The Labute approximate surface area is 224 Å². The van der Waals surface area contributed by atoms with Gasteiger partial charge >= 0.3 is 27.2 Å². The van der Waals surface area contributed by atoms with Gasteiger partial charge in [0, 0.05) is 31.4 Å². The second-order valence-corrected chi connectivity index (χ2v) is 13.0. The third kappa shape index (κ3) is 5.89. The van der Waals surface area contributed by atoms with Crippen molar-refractivity contribution >= 4 is 38.2 Å². The number of likely N-dealkylation sites (N-methyl/N-ethyl adjacent to an activating group) is 1.